The van der Waals surface area contributed by atoms with E-state index in [1.54, 1.807) is 6.33 Å². The van der Waals surface area contributed by atoms with Gasteiger partial charge in [-0.3, -0.25) is 0 Å². The highest BCUT2D eigenvalue weighted by Crippen LogP contribution is 2.38. The molecule has 0 atom stereocenters. The van der Waals surface area contributed by atoms with Crippen LogP contribution in [0.15, 0.2) is 76.6 Å². The van der Waals surface area contributed by atoms with E-state index in [0.717, 1.165) is 43.8 Å². The average Bonchev–Trinajstić information content (AvgIpc) is 2.98. The summed E-state index contributed by atoms with van der Waals surface area (Å²) in [4.78, 5) is 9.53. The van der Waals surface area contributed by atoms with Crippen molar-refractivity contribution in [3.8, 4) is 11.3 Å². The summed E-state index contributed by atoms with van der Waals surface area (Å²) in [5.74, 6) is 0. The molecular weight excluding hydrogens is 364 g/mol. The van der Waals surface area contributed by atoms with E-state index in [0.29, 0.717) is 0 Å². The van der Waals surface area contributed by atoms with Crippen LogP contribution >= 0.6 is 15.9 Å². The second-order valence-electron chi connectivity index (χ2n) is 5.59. The number of aliphatic imine (C=N–C) groups is 1. The number of hydrogen-bond acceptors (Lipinski definition) is 3. The first kappa shape index (κ1) is 13.6. The number of hydrogen-bond donors (Lipinski definition) is 0. The molecule has 4 aromatic rings. The molecule has 3 heterocycles. The van der Waals surface area contributed by atoms with Crippen LogP contribution in [0, 0.1) is 0 Å². The lowest BCUT2D eigenvalue weighted by Gasteiger charge is -2.07. The summed E-state index contributed by atoms with van der Waals surface area (Å²) < 4.78 is 2.88. The van der Waals surface area contributed by atoms with Gasteiger partial charge in [-0.1, -0.05) is 52.3 Å². The summed E-state index contributed by atoms with van der Waals surface area (Å²) in [6.45, 7) is 0. The lowest BCUT2D eigenvalue weighted by Crippen LogP contribution is -2.04. The molecule has 4 nitrogen and oxygen atoms in total. The Morgan fingerprint density at radius 3 is 2.50 bits per heavy atom. The van der Waals surface area contributed by atoms with Gasteiger partial charge in [0.1, 0.15) is 17.5 Å². The molecule has 0 N–H and O–H groups in total. The lowest BCUT2D eigenvalue weighted by atomic mass is 10.0. The van der Waals surface area contributed by atoms with E-state index in [-0.39, 0.29) is 0 Å². The molecule has 0 radical (unpaired) electrons. The fourth-order valence-electron chi connectivity index (χ4n) is 3.15. The Kier molecular flexibility index (Phi) is 2.90. The largest absolute Gasteiger partial charge is 0.247 e. The summed E-state index contributed by atoms with van der Waals surface area (Å²) in [6, 6.07) is 18.3. The highest BCUT2D eigenvalue weighted by molar-refractivity contribution is 9.10. The van der Waals surface area contributed by atoms with Gasteiger partial charge in [0.25, 0.3) is 0 Å². The highest BCUT2D eigenvalue weighted by atomic mass is 79.9. The van der Waals surface area contributed by atoms with Gasteiger partial charge in [0.05, 0.1) is 11.4 Å². The molecule has 0 saturated carbocycles. The zero-order valence-corrected chi connectivity index (χ0v) is 14.1. The van der Waals surface area contributed by atoms with Crippen LogP contribution in [-0.2, 0) is 0 Å². The van der Waals surface area contributed by atoms with Crippen LogP contribution in [0.1, 0.15) is 11.1 Å². The predicted molar refractivity (Wildman–Crippen MR) is 97.9 cm³/mol. The fraction of sp³-hybridized carbons (Fsp3) is 0. The zero-order chi connectivity index (χ0) is 16.1. The zero-order valence-electron chi connectivity index (χ0n) is 12.5. The molecule has 0 fully saturated rings. The minimum absolute atomic E-state index is 0.909. The monoisotopic (exact) mass is 374 g/mol. The van der Waals surface area contributed by atoms with Gasteiger partial charge in [-0.25, -0.2) is 14.5 Å². The molecule has 1 aliphatic heterocycles. The van der Waals surface area contributed by atoms with Gasteiger partial charge >= 0.3 is 0 Å². The van der Waals surface area contributed by atoms with Gasteiger partial charge in [-0.15, -0.1) is 0 Å². The van der Waals surface area contributed by atoms with E-state index in [1.165, 1.54) is 0 Å². The number of aromatic nitrogens is 3. The first-order valence-corrected chi connectivity index (χ1v) is 8.38. The normalized spacial score (nSPS) is 12.6. The van der Waals surface area contributed by atoms with Crippen LogP contribution in [0.5, 0.6) is 0 Å². The highest BCUT2D eigenvalue weighted by Gasteiger charge is 2.23. The third-order valence-electron chi connectivity index (χ3n) is 4.23. The molecular formula is C19H11BrN4. The molecule has 1 aliphatic rings. The second kappa shape index (κ2) is 5.11. The van der Waals surface area contributed by atoms with E-state index in [9.17, 15) is 0 Å². The Hall–Kier alpha value is -2.79. The number of rotatable bonds is 1. The van der Waals surface area contributed by atoms with Gasteiger partial charge in [-0.2, -0.15) is 5.10 Å². The van der Waals surface area contributed by atoms with E-state index in [2.05, 4.69) is 44.2 Å². The van der Waals surface area contributed by atoms with E-state index in [4.69, 9.17) is 4.99 Å². The van der Waals surface area contributed by atoms with Crippen molar-refractivity contribution in [3.05, 3.63) is 82.7 Å². The Morgan fingerprint density at radius 2 is 1.62 bits per heavy atom. The Labute approximate surface area is 146 Å². The fourth-order valence-corrected chi connectivity index (χ4v) is 3.63. The first-order valence-electron chi connectivity index (χ1n) is 7.58. The maximum absolute atomic E-state index is 4.99. The van der Waals surface area contributed by atoms with Crippen LogP contribution in [0.25, 0.3) is 16.8 Å². The van der Waals surface area contributed by atoms with Crippen molar-refractivity contribution in [2.45, 2.75) is 0 Å². The molecule has 0 unspecified atom stereocenters. The average molecular weight is 375 g/mol. The second-order valence-corrected chi connectivity index (χ2v) is 6.44. The van der Waals surface area contributed by atoms with Gasteiger partial charge in [0, 0.05) is 27.4 Å². The molecule has 5 heteroatoms. The maximum atomic E-state index is 4.99. The molecule has 114 valence electrons. The third-order valence-corrected chi connectivity index (χ3v) is 4.92. The SMILES string of the molecule is Brc1ccccc1C1=Nc2ccccc2-c2ncnn3ccc1c23. The molecule has 5 rings (SSSR count). The quantitative estimate of drug-likeness (QED) is 0.428. The van der Waals surface area contributed by atoms with Crippen LogP contribution in [0.2, 0.25) is 0 Å². The topological polar surface area (TPSA) is 42.5 Å². The molecule has 2 aromatic heterocycles. The minimum Gasteiger partial charge on any atom is -0.247 e. The molecule has 0 aliphatic carbocycles. The number of para-hydroxylation sites is 1. The van der Waals surface area contributed by atoms with Crippen molar-refractivity contribution in [2.75, 3.05) is 0 Å². The van der Waals surface area contributed by atoms with Gasteiger partial charge in [0.2, 0.25) is 0 Å². The van der Waals surface area contributed by atoms with Gasteiger partial charge in [-0.05, 0) is 18.2 Å². The number of halogens is 1. The maximum Gasteiger partial charge on any atom is 0.137 e. The molecule has 0 amide bonds. The third kappa shape index (κ3) is 1.88. The van der Waals surface area contributed by atoms with Gasteiger partial charge < -0.3 is 0 Å². The van der Waals surface area contributed by atoms with Crippen molar-refractivity contribution < 1.29 is 0 Å². The predicted octanol–water partition coefficient (Wildman–Crippen LogP) is 4.64. The Balaban J connectivity index is 1.95. The molecule has 0 bridgehead atoms. The van der Waals surface area contributed by atoms with E-state index in [1.807, 2.05) is 47.1 Å². The summed E-state index contributed by atoms with van der Waals surface area (Å²) in [5, 5.41) is 4.35. The standard InChI is InChI=1S/C19H11BrN4/c20-15-7-3-1-5-12(15)17-14-9-10-24-19(14)18(21-11-22-24)13-6-2-4-8-16(13)23-17/h1-11H. The van der Waals surface area contributed by atoms with Crippen molar-refractivity contribution in [1.29, 1.82) is 0 Å². The van der Waals surface area contributed by atoms with Crippen LogP contribution in [0.4, 0.5) is 5.69 Å². The van der Waals surface area contributed by atoms with Crippen molar-refractivity contribution >= 4 is 32.8 Å². The van der Waals surface area contributed by atoms with E-state index < -0.39 is 0 Å². The first-order chi connectivity index (χ1) is 11.8. The number of benzene rings is 2. The van der Waals surface area contributed by atoms with Crippen LogP contribution in [0.3, 0.4) is 0 Å². The number of fused-ring (bicyclic) bond motifs is 2. The van der Waals surface area contributed by atoms with Crippen molar-refractivity contribution in [1.82, 2.24) is 14.6 Å². The molecule has 24 heavy (non-hydrogen) atoms. The Morgan fingerprint density at radius 1 is 0.833 bits per heavy atom. The van der Waals surface area contributed by atoms with Crippen molar-refractivity contribution in [2.24, 2.45) is 4.99 Å². The lowest BCUT2D eigenvalue weighted by molar-refractivity contribution is 0.906. The molecule has 2 aromatic carbocycles. The number of nitrogens with zero attached hydrogens (tertiary/aromatic N) is 4. The molecule has 0 spiro atoms. The van der Waals surface area contributed by atoms with Crippen LogP contribution < -0.4 is 0 Å². The van der Waals surface area contributed by atoms with Crippen molar-refractivity contribution in [3.63, 3.8) is 0 Å². The summed E-state index contributed by atoms with van der Waals surface area (Å²) >= 11 is 3.65. The summed E-state index contributed by atoms with van der Waals surface area (Å²) in [6.07, 6.45) is 3.54. The smallest absolute Gasteiger partial charge is 0.137 e. The molecule has 0 saturated heterocycles. The van der Waals surface area contributed by atoms with Crippen LogP contribution in [-0.4, -0.2) is 20.3 Å². The minimum atomic E-state index is 0.909. The summed E-state index contributed by atoms with van der Waals surface area (Å²) in [5.41, 5.74) is 6.84. The van der Waals surface area contributed by atoms with Gasteiger partial charge in [0.15, 0.2) is 0 Å². The Bertz CT molecular complexity index is 1130. The van der Waals surface area contributed by atoms with E-state index >= 15 is 0 Å². The summed E-state index contributed by atoms with van der Waals surface area (Å²) in [7, 11) is 0.